The summed E-state index contributed by atoms with van der Waals surface area (Å²) in [5.41, 5.74) is 0.717. The molecule has 3 aliphatic carbocycles. The summed E-state index contributed by atoms with van der Waals surface area (Å²) < 4.78 is 1.68. The number of hydrogen-bond donors (Lipinski definition) is 2. The van der Waals surface area contributed by atoms with Gasteiger partial charge in [0.2, 0.25) is 5.88 Å². The highest BCUT2D eigenvalue weighted by atomic mass is 16.3. The average molecular weight is 460 g/mol. The lowest BCUT2D eigenvalue weighted by atomic mass is 9.89. The molecule has 188 valence electrons. The first-order chi connectivity index (χ1) is 16.2. The number of H-pyrrole nitrogens is 1. The van der Waals surface area contributed by atoms with Crippen LogP contribution in [0.15, 0.2) is 4.79 Å². The van der Waals surface area contributed by atoms with Crippen LogP contribution in [0, 0.1) is 0 Å². The van der Waals surface area contributed by atoms with Crippen LogP contribution in [0.1, 0.15) is 146 Å². The zero-order valence-corrected chi connectivity index (χ0v) is 21.0. The molecule has 33 heavy (non-hydrogen) atoms. The van der Waals surface area contributed by atoms with Crippen molar-refractivity contribution in [2.75, 3.05) is 0 Å². The Hall–Kier alpha value is -1.23. The third-order valence-corrected chi connectivity index (χ3v) is 8.89. The van der Waals surface area contributed by atoms with Crippen LogP contribution < -0.4 is 5.69 Å². The second kappa shape index (κ2) is 13.0. The maximum absolute atomic E-state index is 13.1. The molecule has 0 radical (unpaired) electrons. The van der Waals surface area contributed by atoms with E-state index in [1.54, 1.807) is 4.57 Å². The number of aromatic nitrogens is 2. The van der Waals surface area contributed by atoms with Gasteiger partial charge in [-0.3, -0.25) is 4.90 Å². The third-order valence-electron chi connectivity index (χ3n) is 8.89. The Morgan fingerprint density at radius 1 is 0.667 bits per heavy atom. The molecule has 3 aliphatic rings. The van der Waals surface area contributed by atoms with Crippen molar-refractivity contribution in [1.82, 2.24) is 14.5 Å². The van der Waals surface area contributed by atoms with Gasteiger partial charge in [0.25, 0.3) is 0 Å². The number of nitrogens with zero attached hydrogens (tertiary/aromatic N) is 2. The Bertz CT molecular complexity index is 713. The highest BCUT2D eigenvalue weighted by Crippen LogP contribution is 2.35. The van der Waals surface area contributed by atoms with Gasteiger partial charge < -0.3 is 10.1 Å². The molecule has 0 atom stereocenters. The molecule has 1 heterocycles. The lowest BCUT2D eigenvalue weighted by Gasteiger charge is -2.41. The molecule has 0 aromatic carbocycles. The molecule has 5 nitrogen and oxygen atoms in total. The Balaban J connectivity index is 1.50. The van der Waals surface area contributed by atoms with Crippen LogP contribution in [-0.4, -0.2) is 31.6 Å². The number of hydrogen-bond acceptors (Lipinski definition) is 3. The summed E-state index contributed by atoms with van der Waals surface area (Å²) in [6, 6.07) is 1.13. The monoisotopic (exact) mass is 459 g/mol. The van der Waals surface area contributed by atoms with Crippen molar-refractivity contribution in [3.05, 3.63) is 16.2 Å². The maximum atomic E-state index is 13.1. The van der Waals surface area contributed by atoms with E-state index in [0.29, 0.717) is 18.8 Å². The van der Waals surface area contributed by atoms with Gasteiger partial charge in [0.15, 0.2) is 0 Å². The molecule has 0 unspecified atom stereocenters. The molecule has 2 N–H and O–H groups in total. The van der Waals surface area contributed by atoms with Crippen molar-refractivity contribution in [2.24, 2.45) is 0 Å². The van der Waals surface area contributed by atoms with E-state index < -0.39 is 0 Å². The minimum atomic E-state index is -0.106. The van der Waals surface area contributed by atoms with Crippen molar-refractivity contribution in [3.8, 4) is 5.88 Å². The Morgan fingerprint density at radius 3 is 1.55 bits per heavy atom. The van der Waals surface area contributed by atoms with Crippen molar-refractivity contribution in [3.63, 3.8) is 0 Å². The first kappa shape index (κ1) is 24.9. The summed E-state index contributed by atoms with van der Waals surface area (Å²) >= 11 is 0. The SMILES string of the molecule is O=c1[nH]c(C2CCCCCCCCCCC2)c(O)n1CN(C1CCCCC1)C1CCCCC1. The molecule has 0 amide bonds. The minimum absolute atomic E-state index is 0.106. The Kier molecular flexibility index (Phi) is 9.81. The Morgan fingerprint density at radius 2 is 1.06 bits per heavy atom. The van der Waals surface area contributed by atoms with E-state index in [2.05, 4.69) is 9.88 Å². The molecule has 3 saturated carbocycles. The standard InChI is InChI=1S/C28H49N3O2/c32-27-26(23-16-10-6-4-2-1-3-5-7-11-17-23)29-28(33)31(27)22-30(24-18-12-8-13-19-24)25-20-14-9-15-21-25/h23-25,32H,1-22H2,(H,29,33). The summed E-state index contributed by atoms with van der Waals surface area (Å²) in [4.78, 5) is 18.8. The second-order valence-corrected chi connectivity index (χ2v) is 11.3. The third kappa shape index (κ3) is 6.90. The van der Waals surface area contributed by atoms with Crippen LogP contribution in [0.3, 0.4) is 0 Å². The normalized spacial score (nSPS) is 23.9. The quantitative estimate of drug-likeness (QED) is 0.489. The van der Waals surface area contributed by atoms with E-state index in [4.69, 9.17) is 0 Å². The van der Waals surface area contributed by atoms with Crippen LogP contribution in [0.4, 0.5) is 0 Å². The van der Waals surface area contributed by atoms with Gasteiger partial charge in [-0.2, -0.15) is 0 Å². The number of aromatic hydroxyl groups is 1. The fourth-order valence-corrected chi connectivity index (χ4v) is 6.87. The molecule has 0 saturated heterocycles. The van der Waals surface area contributed by atoms with E-state index >= 15 is 0 Å². The van der Waals surface area contributed by atoms with Crippen LogP contribution in [0.5, 0.6) is 5.88 Å². The molecule has 4 rings (SSSR count). The zero-order chi connectivity index (χ0) is 22.9. The molecular weight excluding hydrogens is 410 g/mol. The lowest BCUT2D eigenvalue weighted by Crippen LogP contribution is -2.47. The van der Waals surface area contributed by atoms with Crippen molar-refractivity contribution < 1.29 is 5.11 Å². The van der Waals surface area contributed by atoms with Gasteiger partial charge in [-0.05, 0) is 38.5 Å². The number of aromatic amines is 1. The van der Waals surface area contributed by atoms with Gasteiger partial charge in [-0.15, -0.1) is 0 Å². The smallest absolute Gasteiger partial charge is 0.329 e. The van der Waals surface area contributed by atoms with Gasteiger partial charge in [0, 0.05) is 18.0 Å². The molecular formula is C28H49N3O2. The van der Waals surface area contributed by atoms with Gasteiger partial charge in [0.1, 0.15) is 0 Å². The highest BCUT2D eigenvalue weighted by molar-refractivity contribution is 5.23. The zero-order valence-electron chi connectivity index (χ0n) is 21.0. The second-order valence-electron chi connectivity index (χ2n) is 11.3. The summed E-state index contributed by atoms with van der Waals surface area (Å²) in [5, 5.41) is 11.3. The predicted molar refractivity (Wildman–Crippen MR) is 136 cm³/mol. The van der Waals surface area contributed by atoms with E-state index in [9.17, 15) is 9.90 Å². The van der Waals surface area contributed by atoms with E-state index in [0.717, 1.165) is 18.5 Å². The van der Waals surface area contributed by atoms with Gasteiger partial charge in [-0.1, -0.05) is 96.3 Å². The van der Waals surface area contributed by atoms with E-state index in [-0.39, 0.29) is 17.5 Å². The summed E-state index contributed by atoms with van der Waals surface area (Å²) in [6.45, 7) is 0.559. The van der Waals surface area contributed by atoms with Gasteiger partial charge in [0.05, 0.1) is 12.4 Å². The van der Waals surface area contributed by atoms with Crippen LogP contribution in [0.2, 0.25) is 0 Å². The molecule has 5 heteroatoms. The summed E-state index contributed by atoms with van der Waals surface area (Å²) in [5.74, 6) is 0.518. The fourth-order valence-electron chi connectivity index (χ4n) is 6.87. The van der Waals surface area contributed by atoms with E-state index in [1.807, 2.05) is 0 Å². The van der Waals surface area contributed by atoms with Crippen molar-refractivity contribution in [2.45, 2.75) is 160 Å². The number of imidazole rings is 1. The molecule has 1 aromatic heterocycles. The van der Waals surface area contributed by atoms with Gasteiger partial charge >= 0.3 is 5.69 Å². The number of nitrogens with one attached hydrogen (secondary N) is 1. The van der Waals surface area contributed by atoms with Crippen LogP contribution in [-0.2, 0) is 6.67 Å². The number of rotatable bonds is 5. The first-order valence-electron chi connectivity index (χ1n) is 14.5. The van der Waals surface area contributed by atoms with E-state index in [1.165, 1.54) is 122 Å². The largest absolute Gasteiger partial charge is 0.493 e. The molecule has 0 bridgehead atoms. The molecule has 0 spiro atoms. The molecule has 0 aliphatic heterocycles. The molecule has 1 aromatic rings. The van der Waals surface area contributed by atoms with Crippen molar-refractivity contribution >= 4 is 0 Å². The lowest BCUT2D eigenvalue weighted by molar-refractivity contribution is 0.0466. The Labute approximate surface area is 201 Å². The average Bonchev–Trinajstić information content (AvgIpc) is 3.12. The van der Waals surface area contributed by atoms with Crippen molar-refractivity contribution in [1.29, 1.82) is 0 Å². The highest BCUT2D eigenvalue weighted by Gasteiger charge is 2.31. The first-order valence-corrected chi connectivity index (χ1v) is 14.5. The maximum Gasteiger partial charge on any atom is 0.329 e. The summed E-state index contributed by atoms with van der Waals surface area (Å²) in [7, 11) is 0. The fraction of sp³-hybridized carbons (Fsp3) is 0.893. The minimum Gasteiger partial charge on any atom is -0.493 e. The van der Waals surface area contributed by atoms with Gasteiger partial charge in [-0.25, -0.2) is 9.36 Å². The summed E-state index contributed by atoms with van der Waals surface area (Å²) in [6.07, 6.45) is 26.8. The predicted octanol–water partition coefficient (Wildman–Crippen LogP) is 7.20. The molecule has 3 fully saturated rings. The van der Waals surface area contributed by atoms with Crippen LogP contribution >= 0.6 is 0 Å². The van der Waals surface area contributed by atoms with Crippen LogP contribution in [0.25, 0.3) is 0 Å². The topological polar surface area (TPSA) is 61.3 Å².